The summed E-state index contributed by atoms with van der Waals surface area (Å²) >= 11 is 0. The van der Waals surface area contributed by atoms with Gasteiger partial charge in [0.05, 0.1) is 17.0 Å². The lowest BCUT2D eigenvalue weighted by Gasteiger charge is -2.07. The molecule has 30 heavy (non-hydrogen) atoms. The Morgan fingerprint density at radius 1 is 1.03 bits per heavy atom. The zero-order chi connectivity index (χ0) is 21.0. The molecule has 9 heteroatoms. The molecule has 0 unspecified atom stereocenters. The van der Waals surface area contributed by atoms with Gasteiger partial charge in [-0.2, -0.15) is 17.7 Å². The molecule has 0 saturated carbocycles. The van der Waals surface area contributed by atoms with E-state index in [4.69, 9.17) is 0 Å². The largest absolute Gasteiger partial charge is 0.433 e. The first-order valence-corrected chi connectivity index (χ1v) is 9.70. The van der Waals surface area contributed by atoms with Gasteiger partial charge in [-0.3, -0.25) is 9.89 Å². The lowest BCUT2D eigenvalue weighted by molar-refractivity contribution is -0.140. The second kappa shape index (κ2) is 6.58. The van der Waals surface area contributed by atoms with E-state index >= 15 is 0 Å². The Balaban J connectivity index is 1.80. The van der Waals surface area contributed by atoms with Crippen LogP contribution >= 0.6 is 0 Å². The molecule has 4 aromatic rings. The molecule has 0 fully saturated rings. The normalized spacial score (nSPS) is 14.3. The van der Waals surface area contributed by atoms with Crippen molar-refractivity contribution in [2.75, 3.05) is 0 Å². The van der Waals surface area contributed by atoms with Gasteiger partial charge >= 0.3 is 6.18 Å². The van der Waals surface area contributed by atoms with Crippen LogP contribution in [0.2, 0.25) is 0 Å². The molecule has 3 heterocycles. The SMILES string of the molecule is Cc1nc2c(-c3ccccc3)c(C(F)(F)F)[nH]n2c(=O)c1-c1nc2c([nH]1)CCCC2. The van der Waals surface area contributed by atoms with Gasteiger partial charge in [0.2, 0.25) is 0 Å². The third-order valence-electron chi connectivity index (χ3n) is 5.50. The van der Waals surface area contributed by atoms with E-state index in [9.17, 15) is 18.0 Å². The van der Waals surface area contributed by atoms with Crippen molar-refractivity contribution in [2.45, 2.75) is 38.8 Å². The molecule has 0 amide bonds. The number of rotatable bonds is 2. The number of nitrogens with zero attached hydrogens (tertiary/aromatic N) is 3. The fourth-order valence-electron chi connectivity index (χ4n) is 4.11. The predicted molar refractivity (Wildman–Crippen MR) is 105 cm³/mol. The van der Waals surface area contributed by atoms with Gasteiger partial charge in [-0.05, 0) is 38.2 Å². The molecule has 6 nitrogen and oxygen atoms in total. The number of aryl methyl sites for hydroxylation is 3. The number of alkyl halides is 3. The van der Waals surface area contributed by atoms with Crippen molar-refractivity contribution in [3.8, 4) is 22.5 Å². The third-order valence-corrected chi connectivity index (χ3v) is 5.50. The predicted octanol–water partition coefficient (Wildman–Crippen LogP) is 4.29. The smallest absolute Gasteiger partial charge is 0.341 e. The van der Waals surface area contributed by atoms with Crippen LogP contribution in [0.1, 0.15) is 35.6 Å². The van der Waals surface area contributed by atoms with Gasteiger partial charge in [0.15, 0.2) is 5.65 Å². The summed E-state index contributed by atoms with van der Waals surface area (Å²) in [4.78, 5) is 25.4. The first kappa shape index (κ1) is 18.7. The molecule has 2 N–H and O–H groups in total. The molecule has 0 saturated heterocycles. The van der Waals surface area contributed by atoms with E-state index in [1.54, 1.807) is 37.3 Å². The number of hydrogen-bond donors (Lipinski definition) is 2. The first-order chi connectivity index (χ1) is 14.3. The van der Waals surface area contributed by atoms with Crippen molar-refractivity contribution < 1.29 is 13.2 Å². The molecule has 0 aliphatic heterocycles. The molecule has 1 aromatic carbocycles. The van der Waals surface area contributed by atoms with Crippen LogP contribution in [0.4, 0.5) is 13.2 Å². The average Bonchev–Trinajstić information content (AvgIpc) is 3.30. The van der Waals surface area contributed by atoms with Crippen molar-refractivity contribution in [1.82, 2.24) is 24.6 Å². The van der Waals surface area contributed by atoms with Crippen molar-refractivity contribution in [1.29, 1.82) is 0 Å². The summed E-state index contributed by atoms with van der Waals surface area (Å²) in [5.41, 5.74) is 0.901. The molecular formula is C21H18F3N5O. The number of H-pyrrole nitrogens is 2. The number of fused-ring (bicyclic) bond motifs is 2. The fraction of sp³-hybridized carbons (Fsp3) is 0.286. The molecule has 1 aliphatic carbocycles. The van der Waals surface area contributed by atoms with Crippen LogP contribution < -0.4 is 5.56 Å². The maximum absolute atomic E-state index is 13.8. The number of aromatic nitrogens is 5. The molecule has 0 spiro atoms. The molecule has 0 bridgehead atoms. The summed E-state index contributed by atoms with van der Waals surface area (Å²) in [7, 11) is 0. The molecule has 0 atom stereocenters. The van der Waals surface area contributed by atoms with Crippen molar-refractivity contribution in [2.24, 2.45) is 0 Å². The standard InChI is InChI=1S/C21H18F3N5O/c1-11-15(18-26-13-9-5-6-10-14(13)27-18)20(30)29-19(25-11)16(12-7-3-2-4-8-12)17(28-29)21(22,23)24/h2-4,7-8,28H,5-6,9-10H2,1H3,(H,26,27). The number of imidazole rings is 1. The molecular weight excluding hydrogens is 395 g/mol. The van der Waals surface area contributed by atoms with E-state index in [0.29, 0.717) is 17.1 Å². The highest BCUT2D eigenvalue weighted by atomic mass is 19.4. The molecule has 1 aliphatic rings. The van der Waals surface area contributed by atoms with Gasteiger partial charge in [0.25, 0.3) is 5.56 Å². The Bertz CT molecular complexity index is 1290. The minimum atomic E-state index is -4.68. The summed E-state index contributed by atoms with van der Waals surface area (Å²) in [6.45, 7) is 1.62. The van der Waals surface area contributed by atoms with E-state index < -0.39 is 17.4 Å². The molecule has 0 radical (unpaired) electrons. The quantitative estimate of drug-likeness (QED) is 0.515. The van der Waals surface area contributed by atoms with Crippen molar-refractivity contribution in [3.05, 3.63) is 63.5 Å². The first-order valence-electron chi connectivity index (χ1n) is 9.70. The maximum Gasteiger partial charge on any atom is 0.433 e. The highest BCUT2D eigenvalue weighted by Crippen LogP contribution is 2.38. The summed E-state index contributed by atoms with van der Waals surface area (Å²) < 4.78 is 42.2. The molecule has 154 valence electrons. The van der Waals surface area contributed by atoms with E-state index in [1.807, 2.05) is 0 Å². The second-order valence-corrected chi connectivity index (χ2v) is 7.48. The average molecular weight is 413 g/mol. The summed E-state index contributed by atoms with van der Waals surface area (Å²) in [5.74, 6) is 0.357. The van der Waals surface area contributed by atoms with Crippen molar-refractivity contribution in [3.63, 3.8) is 0 Å². The van der Waals surface area contributed by atoms with E-state index in [-0.39, 0.29) is 16.8 Å². The fourth-order valence-corrected chi connectivity index (χ4v) is 4.11. The Morgan fingerprint density at radius 3 is 2.47 bits per heavy atom. The van der Waals surface area contributed by atoms with Gasteiger partial charge in [-0.15, -0.1) is 0 Å². The lowest BCUT2D eigenvalue weighted by atomic mass is 10.0. The van der Waals surface area contributed by atoms with E-state index in [2.05, 4.69) is 20.1 Å². The maximum atomic E-state index is 13.8. The number of aromatic amines is 2. The van der Waals surface area contributed by atoms with Gasteiger partial charge in [0.1, 0.15) is 17.1 Å². The van der Waals surface area contributed by atoms with Gasteiger partial charge < -0.3 is 4.98 Å². The van der Waals surface area contributed by atoms with Crippen LogP contribution in [0.5, 0.6) is 0 Å². The third kappa shape index (κ3) is 2.84. The van der Waals surface area contributed by atoms with Gasteiger partial charge in [0, 0.05) is 5.69 Å². The Labute approximate surface area is 168 Å². The van der Waals surface area contributed by atoms with Gasteiger partial charge in [-0.1, -0.05) is 30.3 Å². The minimum absolute atomic E-state index is 0.0592. The van der Waals surface area contributed by atoms with Crippen LogP contribution in [0.3, 0.4) is 0 Å². The van der Waals surface area contributed by atoms with Crippen LogP contribution in [0.15, 0.2) is 35.1 Å². The zero-order valence-corrected chi connectivity index (χ0v) is 16.1. The topological polar surface area (TPSA) is 78.8 Å². The Hall–Kier alpha value is -3.36. The number of hydrogen-bond acceptors (Lipinski definition) is 3. The summed E-state index contributed by atoms with van der Waals surface area (Å²) in [6, 6.07) is 8.13. The van der Waals surface area contributed by atoms with Gasteiger partial charge in [-0.25, -0.2) is 9.97 Å². The Morgan fingerprint density at radius 2 is 1.77 bits per heavy atom. The zero-order valence-electron chi connectivity index (χ0n) is 16.1. The number of halogens is 3. The summed E-state index contributed by atoms with van der Waals surface area (Å²) in [6.07, 6.45) is -0.949. The number of benzene rings is 1. The molecule has 3 aromatic heterocycles. The van der Waals surface area contributed by atoms with E-state index in [1.165, 1.54) is 0 Å². The van der Waals surface area contributed by atoms with Crippen LogP contribution in [0.25, 0.3) is 28.2 Å². The number of nitrogens with one attached hydrogen (secondary N) is 2. The summed E-state index contributed by atoms with van der Waals surface area (Å²) in [5, 5.41) is 2.25. The second-order valence-electron chi connectivity index (χ2n) is 7.48. The van der Waals surface area contributed by atoms with Crippen LogP contribution in [0, 0.1) is 6.92 Å². The Kier molecular flexibility index (Phi) is 4.09. The lowest BCUT2D eigenvalue weighted by Crippen LogP contribution is -2.20. The van der Waals surface area contributed by atoms with Crippen molar-refractivity contribution >= 4 is 5.65 Å². The monoisotopic (exact) mass is 413 g/mol. The highest BCUT2D eigenvalue weighted by molar-refractivity contribution is 5.81. The van der Waals surface area contributed by atoms with E-state index in [0.717, 1.165) is 41.6 Å². The highest BCUT2D eigenvalue weighted by Gasteiger charge is 2.38. The molecule has 5 rings (SSSR count). The van der Waals surface area contributed by atoms with Crippen LogP contribution in [-0.4, -0.2) is 24.6 Å². The minimum Gasteiger partial charge on any atom is -0.341 e. The van der Waals surface area contributed by atoms with Crippen LogP contribution in [-0.2, 0) is 19.0 Å².